The molecule has 0 unspecified atom stereocenters. The van der Waals surface area contributed by atoms with Crippen LogP contribution in [0.25, 0.3) is 0 Å². The molecule has 1 amide bonds. The van der Waals surface area contributed by atoms with Crippen LogP contribution in [0.1, 0.15) is 16.8 Å². The SMILES string of the molecule is O=C(c1cccc(Cl)c1Cl)N1C[C@@H]2CCOC[C@]2(CO)C1. The van der Waals surface area contributed by atoms with Crippen molar-refractivity contribution in [1.29, 1.82) is 0 Å². The van der Waals surface area contributed by atoms with Gasteiger partial charge in [0.2, 0.25) is 0 Å². The molecule has 0 aliphatic carbocycles. The minimum Gasteiger partial charge on any atom is -0.396 e. The molecular weight excluding hydrogens is 313 g/mol. The Morgan fingerprint density at radius 1 is 1.48 bits per heavy atom. The third-order valence-electron chi connectivity index (χ3n) is 4.60. The first-order chi connectivity index (χ1) is 10.1. The zero-order chi connectivity index (χ0) is 15.0. The van der Waals surface area contributed by atoms with Gasteiger partial charge in [0.15, 0.2) is 0 Å². The summed E-state index contributed by atoms with van der Waals surface area (Å²) in [5.41, 5.74) is 0.0794. The van der Waals surface area contributed by atoms with Crippen molar-refractivity contribution in [1.82, 2.24) is 4.90 Å². The Morgan fingerprint density at radius 2 is 2.29 bits per heavy atom. The van der Waals surface area contributed by atoms with Gasteiger partial charge in [-0.1, -0.05) is 29.3 Å². The molecule has 2 aliphatic rings. The molecule has 2 heterocycles. The molecule has 1 N–H and O–H groups in total. The lowest BCUT2D eigenvalue weighted by molar-refractivity contribution is -0.0556. The molecule has 4 nitrogen and oxygen atoms in total. The maximum atomic E-state index is 12.7. The van der Waals surface area contributed by atoms with Crippen LogP contribution in [0.4, 0.5) is 0 Å². The average molecular weight is 330 g/mol. The summed E-state index contributed by atoms with van der Waals surface area (Å²) in [5.74, 6) is 0.142. The van der Waals surface area contributed by atoms with E-state index >= 15 is 0 Å². The van der Waals surface area contributed by atoms with Crippen LogP contribution < -0.4 is 0 Å². The third-order valence-corrected chi connectivity index (χ3v) is 5.42. The van der Waals surface area contributed by atoms with Crippen LogP contribution in [0.15, 0.2) is 18.2 Å². The van der Waals surface area contributed by atoms with E-state index in [-0.39, 0.29) is 28.9 Å². The molecule has 114 valence electrons. The zero-order valence-corrected chi connectivity index (χ0v) is 13.0. The minimum atomic E-state index is -0.334. The summed E-state index contributed by atoms with van der Waals surface area (Å²) in [4.78, 5) is 14.4. The molecule has 2 aliphatic heterocycles. The lowest BCUT2D eigenvalue weighted by atomic mass is 9.76. The van der Waals surface area contributed by atoms with E-state index in [1.54, 1.807) is 23.1 Å². The molecule has 2 saturated heterocycles. The van der Waals surface area contributed by atoms with Crippen LogP contribution in [0.5, 0.6) is 0 Å². The van der Waals surface area contributed by atoms with Crippen molar-refractivity contribution in [2.75, 3.05) is 32.9 Å². The van der Waals surface area contributed by atoms with Gasteiger partial charge in [0.05, 0.1) is 28.8 Å². The van der Waals surface area contributed by atoms with Gasteiger partial charge in [0.25, 0.3) is 5.91 Å². The Labute approximate surface area is 133 Å². The van der Waals surface area contributed by atoms with E-state index in [0.717, 1.165) is 6.42 Å². The molecule has 0 spiro atoms. The predicted molar refractivity (Wildman–Crippen MR) is 80.8 cm³/mol. The smallest absolute Gasteiger partial charge is 0.255 e. The number of likely N-dealkylation sites (tertiary alicyclic amines) is 1. The average Bonchev–Trinajstić information content (AvgIpc) is 2.89. The number of aliphatic hydroxyl groups excluding tert-OH is 1. The van der Waals surface area contributed by atoms with Crippen molar-refractivity contribution in [3.8, 4) is 0 Å². The molecule has 21 heavy (non-hydrogen) atoms. The molecule has 2 fully saturated rings. The quantitative estimate of drug-likeness (QED) is 0.906. The number of rotatable bonds is 2. The molecule has 6 heteroatoms. The Morgan fingerprint density at radius 3 is 3.00 bits per heavy atom. The van der Waals surface area contributed by atoms with E-state index in [4.69, 9.17) is 27.9 Å². The number of ether oxygens (including phenoxy) is 1. The number of benzene rings is 1. The fourth-order valence-electron chi connectivity index (χ4n) is 3.31. The van der Waals surface area contributed by atoms with Crippen LogP contribution in [-0.2, 0) is 4.74 Å². The van der Waals surface area contributed by atoms with E-state index < -0.39 is 0 Å². The largest absolute Gasteiger partial charge is 0.396 e. The van der Waals surface area contributed by atoms with Gasteiger partial charge >= 0.3 is 0 Å². The second-order valence-electron chi connectivity index (χ2n) is 5.85. The minimum absolute atomic E-state index is 0.0325. The summed E-state index contributed by atoms with van der Waals surface area (Å²) >= 11 is 12.1. The van der Waals surface area contributed by atoms with Gasteiger partial charge in [-0.15, -0.1) is 0 Å². The molecule has 1 aromatic rings. The van der Waals surface area contributed by atoms with E-state index in [9.17, 15) is 9.90 Å². The van der Waals surface area contributed by atoms with Gasteiger partial charge in [-0.25, -0.2) is 0 Å². The number of hydrogen-bond acceptors (Lipinski definition) is 3. The number of amides is 1. The Hall–Kier alpha value is -0.810. The van der Waals surface area contributed by atoms with Crippen LogP contribution in [0.2, 0.25) is 10.0 Å². The number of carbonyl (C=O) groups excluding carboxylic acids is 1. The second kappa shape index (κ2) is 5.76. The van der Waals surface area contributed by atoms with Gasteiger partial charge in [-0.2, -0.15) is 0 Å². The molecule has 0 aromatic heterocycles. The van der Waals surface area contributed by atoms with E-state index in [1.807, 2.05) is 0 Å². The van der Waals surface area contributed by atoms with E-state index in [1.165, 1.54) is 0 Å². The molecular formula is C15H17Cl2NO3. The lowest BCUT2D eigenvalue weighted by Crippen LogP contribution is -2.43. The van der Waals surface area contributed by atoms with Crippen LogP contribution in [0.3, 0.4) is 0 Å². The summed E-state index contributed by atoms with van der Waals surface area (Å²) < 4.78 is 5.51. The summed E-state index contributed by atoms with van der Waals surface area (Å²) in [6.45, 7) is 2.35. The first-order valence-electron chi connectivity index (χ1n) is 6.99. The third kappa shape index (κ3) is 2.55. The first kappa shape index (κ1) is 15.1. The highest BCUT2D eigenvalue weighted by atomic mass is 35.5. The van der Waals surface area contributed by atoms with Crippen molar-refractivity contribution >= 4 is 29.1 Å². The van der Waals surface area contributed by atoms with Crippen LogP contribution in [0, 0.1) is 11.3 Å². The Bertz CT molecular complexity index is 566. The predicted octanol–water partition coefficient (Wildman–Crippen LogP) is 2.46. The van der Waals surface area contributed by atoms with Gasteiger partial charge in [-0.05, 0) is 24.5 Å². The topological polar surface area (TPSA) is 49.8 Å². The van der Waals surface area contributed by atoms with Crippen molar-refractivity contribution in [2.24, 2.45) is 11.3 Å². The Kier molecular flexibility index (Phi) is 4.14. The van der Waals surface area contributed by atoms with Crippen LogP contribution in [-0.4, -0.2) is 48.8 Å². The highest BCUT2D eigenvalue weighted by molar-refractivity contribution is 6.43. The zero-order valence-electron chi connectivity index (χ0n) is 11.5. The van der Waals surface area contributed by atoms with Crippen molar-refractivity contribution in [2.45, 2.75) is 6.42 Å². The molecule has 0 bridgehead atoms. The first-order valence-corrected chi connectivity index (χ1v) is 7.75. The molecule has 2 atom stereocenters. The fraction of sp³-hybridized carbons (Fsp3) is 0.533. The number of nitrogens with zero attached hydrogens (tertiary/aromatic N) is 1. The molecule has 0 radical (unpaired) electrons. The highest BCUT2D eigenvalue weighted by Gasteiger charge is 2.49. The highest BCUT2D eigenvalue weighted by Crippen LogP contribution is 2.41. The summed E-state index contributed by atoms with van der Waals surface area (Å²) in [5, 5.41) is 10.4. The Balaban J connectivity index is 1.85. The summed E-state index contributed by atoms with van der Waals surface area (Å²) in [7, 11) is 0. The van der Waals surface area contributed by atoms with Crippen LogP contribution >= 0.6 is 23.2 Å². The van der Waals surface area contributed by atoms with Crippen molar-refractivity contribution in [3.63, 3.8) is 0 Å². The lowest BCUT2D eigenvalue weighted by Gasteiger charge is -2.36. The maximum Gasteiger partial charge on any atom is 0.255 e. The van der Waals surface area contributed by atoms with Crippen molar-refractivity contribution in [3.05, 3.63) is 33.8 Å². The molecule has 1 aromatic carbocycles. The number of halogens is 2. The van der Waals surface area contributed by atoms with Gasteiger partial charge in [0.1, 0.15) is 0 Å². The maximum absolute atomic E-state index is 12.7. The standard InChI is InChI=1S/C15H17Cl2NO3/c16-12-3-1-2-11(13(12)17)14(20)18-6-10-4-5-21-9-15(10,7-18)8-19/h1-3,10,19H,4-9H2/t10-,15+/m0/s1. The summed E-state index contributed by atoms with van der Waals surface area (Å²) in [6, 6.07) is 5.06. The molecule has 0 saturated carbocycles. The van der Waals surface area contributed by atoms with Gasteiger partial charge in [-0.3, -0.25) is 4.79 Å². The monoisotopic (exact) mass is 329 g/mol. The number of carbonyl (C=O) groups is 1. The van der Waals surface area contributed by atoms with Crippen molar-refractivity contribution < 1.29 is 14.6 Å². The summed E-state index contributed by atoms with van der Waals surface area (Å²) in [6.07, 6.45) is 0.869. The number of hydrogen-bond donors (Lipinski definition) is 1. The van der Waals surface area contributed by atoms with Gasteiger partial charge < -0.3 is 14.7 Å². The normalized spacial score (nSPS) is 28.5. The van der Waals surface area contributed by atoms with Gasteiger partial charge in [0, 0.05) is 25.1 Å². The number of fused-ring (bicyclic) bond motifs is 1. The fourth-order valence-corrected chi connectivity index (χ4v) is 3.70. The molecule has 3 rings (SSSR count). The second-order valence-corrected chi connectivity index (χ2v) is 6.63. The van der Waals surface area contributed by atoms with E-state index in [0.29, 0.717) is 36.9 Å². The van der Waals surface area contributed by atoms with E-state index in [2.05, 4.69) is 0 Å². The number of aliphatic hydroxyl groups is 1.